The molecule has 2 heterocycles. The zero-order valence-corrected chi connectivity index (χ0v) is 14.3. The van der Waals surface area contributed by atoms with Crippen molar-refractivity contribution in [2.45, 2.75) is 20.4 Å². The number of benzene rings is 2. The second-order valence-corrected chi connectivity index (χ2v) is 6.14. The minimum absolute atomic E-state index is 0.603. The third-order valence-corrected chi connectivity index (χ3v) is 4.07. The van der Waals surface area contributed by atoms with Crippen LogP contribution in [0, 0.1) is 13.8 Å². The second kappa shape index (κ2) is 6.36. The maximum Gasteiger partial charge on any atom is 0.254 e. The highest BCUT2D eigenvalue weighted by Gasteiger charge is 2.11. The van der Waals surface area contributed by atoms with E-state index in [1.54, 1.807) is 4.52 Å². The Morgan fingerprint density at radius 2 is 1.68 bits per heavy atom. The van der Waals surface area contributed by atoms with Gasteiger partial charge >= 0.3 is 0 Å². The van der Waals surface area contributed by atoms with Crippen LogP contribution in [0.25, 0.3) is 17.2 Å². The summed E-state index contributed by atoms with van der Waals surface area (Å²) in [4.78, 5) is 9.09. The Bertz CT molecular complexity index is 1000. The number of nitrogens with zero attached hydrogens (tertiary/aromatic N) is 4. The van der Waals surface area contributed by atoms with Gasteiger partial charge < -0.3 is 5.32 Å². The molecule has 4 aromatic rings. The third kappa shape index (κ3) is 3.21. The topological polar surface area (TPSA) is 55.1 Å². The molecule has 1 N–H and O–H groups in total. The van der Waals surface area contributed by atoms with E-state index in [2.05, 4.69) is 51.6 Å². The molecule has 2 aromatic carbocycles. The molecule has 0 fully saturated rings. The highest BCUT2D eigenvalue weighted by atomic mass is 15.4. The van der Waals surface area contributed by atoms with Crippen molar-refractivity contribution >= 4 is 11.6 Å². The fourth-order valence-electron chi connectivity index (χ4n) is 2.73. The van der Waals surface area contributed by atoms with Crippen LogP contribution in [0.3, 0.4) is 0 Å². The van der Waals surface area contributed by atoms with Gasteiger partial charge in [0.2, 0.25) is 0 Å². The number of rotatable bonds is 4. The maximum atomic E-state index is 4.65. The molecule has 25 heavy (non-hydrogen) atoms. The highest BCUT2D eigenvalue weighted by Crippen LogP contribution is 2.19. The van der Waals surface area contributed by atoms with E-state index in [-0.39, 0.29) is 0 Å². The molecule has 0 unspecified atom stereocenters. The number of hydrogen-bond acceptors (Lipinski definition) is 4. The molecule has 2 aromatic heterocycles. The minimum Gasteiger partial charge on any atom is -0.366 e. The smallest absolute Gasteiger partial charge is 0.254 e. The Morgan fingerprint density at radius 3 is 2.44 bits per heavy atom. The van der Waals surface area contributed by atoms with Crippen molar-refractivity contribution in [2.24, 2.45) is 0 Å². The maximum absolute atomic E-state index is 4.65. The van der Waals surface area contributed by atoms with Gasteiger partial charge in [-0.3, -0.25) is 0 Å². The van der Waals surface area contributed by atoms with E-state index >= 15 is 0 Å². The van der Waals surface area contributed by atoms with Gasteiger partial charge in [-0.05, 0) is 19.4 Å². The molecule has 0 aliphatic rings. The van der Waals surface area contributed by atoms with Crippen LogP contribution >= 0.6 is 0 Å². The lowest BCUT2D eigenvalue weighted by Crippen LogP contribution is -2.06. The molecular formula is C20H19N5. The van der Waals surface area contributed by atoms with Crippen molar-refractivity contribution in [3.63, 3.8) is 0 Å². The van der Waals surface area contributed by atoms with Crippen LogP contribution in [0.1, 0.15) is 16.8 Å². The Hall–Kier alpha value is -3.21. The van der Waals surface area contributed by atoms with E-state index in [4.69, 9.17) is 0 Å². The van der Waals surface area contributed by atoms with E-state index in [0.29, 0.717) is 11.6 Å². The molecule has 0 amide bonds. The van der Waals surface area contributed by atoms with Crippen LogP contribution in [-0.2, 0) is 6.54 Å². The Labute approximate surface area is 146 Å². The van der Waals surface area contributed by atoms with Crippen molar-refractivity contribution in [1.29, 1.82) is 0 Å². The van der Waals surface area contributed by atoms with Crippen LogP contribution in [-0.4, -0.2) is 19.6 Å². The van der Waals surface area contributed by atoms with Gasteiger partial charge in [-0.1, -0.05) is 60.2 Å². The predicted octanol–water partition coefficient (Wildman–Crippen LogP) is 4.02. The lowest BCUT2D eigenvalue weighted by atomic mass is 10.1. The fourth-order valence-corrected chi connectivity index (χ4v) is 2.73. The lowest BCUT2D eigenvalue weighted by Gasteiger charge is -2.08. The van der Waals surface area contributed by atoms with E-state index in [1.165, 1.54) is 11.1 Å². The number of hydrogen-bond donors (Lipinski definition) is 1. The first kappa shape index (κ1) is 15.3. The Morgan fingerprint density at radius 1 is 0.920 bits per heavy atom. The number of anilines is 1. The number of fused-ring (bicyclic) bond motifs is 1. The number of aromatic nitrogens is 4. The molecule has 0 spiro atoms. The summed E-state index contributed by atoms with van der Waals surface area (Å²) in [6.45, 7) is 4.75. The summed E-state index contributed by atoms with van der Waals surface area (Å²) in [6.07, 6.45) is 0. The third-order valence-electron chi connectivity index (χ3n) is 4.07. The predicted molar refractivity (Wildman–Crippen MR) is 99.5 cm³/mol. The first-order valence-corrected chi connectivity index (χ1v) is 8.28. The molecule has 4 rings (SSSR count). The molecule has 0 bridgehead atoms. The van der Waals surface area contributed by atoms with Gasteiger partial charge in [0, 0.05) is 23.9 Å². The molecular weight excluding hydrogens is 310 g/mol. The van der Waals surface area contributed by atoms with Crippen LogP contribution in [0.4, 0.5) is 5.82 Å². The van der Waals surface area contributed by atoms with Crippen LogP contribution < -0.4 is 5.32 Å². The van der Waals surface area contributed by atoms with Gasteiger partial charge in [0.05, 0.1) is 0 Å². The average Bonchev–Trinajstić information content (AvgIpc) is 3.05. The Balaban J connectivity index is 1.70. The van der Waals surface area contributed by atoms with E-state index in [9.17, 15) is 0 Å². The summed E-state index contributed by atoms with van der Waals surface area (Å²) < 4.78 is 1.77. The zero-order valence-electron chi connectivity index (χ0n) is 14.3. The molecule has 0 aliphatic carbocycles. The SMILES string of the molecule is Cc1ccc(-c2nc3nc(C)cc(NCc4ccccc4)n3n2)cc1. The summed E-state index contributed by atoms with van der Waals surface area (Å²) in [5.41, 5.74) is 4.32. The monoisotopic (exact) mass is 329 g/mol. The first-order chi connectivity index (χ1) is 12.2. The fraction of sp³-hybridized carbons (Fsp3) is 0.150. The van der Waals surface area contributed by atoms with E-state index in [1.807, 2.05) is 43.3 Å². The molecule has 124 valence electrons. The molecule has 0 aliphatic heterocycles. The van der Waals surface area contributed by atoms with Crippen LogP contribution in [0.5, 0.6) is 0 Å². The quantitative estimate of drug-likeness (QED) is 0.614. The lowest BCUT2D eigenvalue weighted by molar-refractivity contribution is 0.919. The Kier molecular flexibility index (Phi) is 3.90. The largest absolute Gasteiger partial charge is 0.366 e. The molecule has 0 atom stereocenters. The highest BCUT2D eigenvalue weighted by molar-refractivity contribution is 5.59. The van der Waals surface area contributed by atoms with Crippen molar-refractivity contribution in [3.8, 4) is 11.4 Å². The summed E-state index contributed by atoms with van der Waals surface area (Å²) >= 11 is 0. The van der Waals surface area contributed by atoms with Crippen molar-refractivity contribution < 1.29 is 0 Å². The van der Waals surface area contributed by atoms with Gasteiger partial charge in [0.1, 0.15) is 5.82 Å². The van der Waals surface area contributed by atoms with Gasteiger partial charge in [-0.25, -0.2) is 4.98 Å². The van der Waals surface area contributed by atoms with Crippen molar-refractivity contribution in [2.75, 3.05) is 5.32 Å². The zero-order chi connectivity index (χ0) is 17.2. The summed E-state index contributed by atoms with van der Waals surface area (Å²) in [6, 6.07) is 20.5. The van der Waals surface area contributed by atoms with Crippen molar-refractivity contribution in [3.05, 3.63) is 77.5 Å². The normalized spacial score (nSPS) is 11.0. The van der Waals surface area contributed by atoms with Gasteiger partial charge in [0.15, 0.2) is 5.82 Å². The van der Waals surface area contributed by atoms with Crippen LogP contribution in [0.15, 0.2) is 60.7 Å². The summed E-state index contributed by atoms with van der Waals surface area (Å²) in [7, 11) is 0. The average molecular weight is 329 g/mol. The standard InChI is InChI=1S/C20H19N5/c1-14-8-10-17(11-9-14)19-23-20-22-15(2)12-18(25(20)24-19)21-13-16-6-4-3-5-7-16/h3-12,21H,13H2,1-2H3. The molecule has 0 saturated carbocycles. The molecule has 5 nitrogen and oxygen atoms in total. The first-order valence-electron chi connectivity index (χ1n) is 8.28. The summed E-state index contributed by atoms with van der Waals surface area (Å²) in [5, 5.41) is 8.09. The minimum atomic E-state index is 0.603. The van der Waals surface area contributed by atoms with Crippen molar-refractivity contribution in [1.82, 2.24) is 19.6 Å². The number of nitrogens with one attached hydrogen (secondary N) is 1. The molecule has 0 radical (unpaired) electrons. The van der Waals surface area contributed by atoms with Gasteiger partial charge in [-0.15, -0.1) is 5.10 Å². The summed E-state index contributed by atoms with van der Waals surface area (Å²) in [5.74, 6) is 2.17. The van der Waals surface area contributed by atoms with Gasteiger partial charge in [-0.2, -0.15) is 9.50 Å². The van der Waals surface area contributed by atoms with E-state index in [0.717, 1.165) is 23.6 Å². The molecule has 5 heteroatoms. The molecule has 0 saturated heterocycles. The number of aryl methyl sites for hydroxylation is 2. The second-order valence-electron chi connectivity index (χ2n) is 6.14. The van der Waals surface area contributed by atoms with E-state index < -0.39 is 0 Å². The van der Waals surface area contributed by atoms with Crippen LogP contribution in [0.2, 0.25) is 0 Å². The van der Waals surface area contributed by atoms with Gasteiger partial charge in [0.25, 0.3) is 5.78 Å².